The molecule has 1 saturated heterocycles. The number of carboxylic acids is 1. The molecule has 2 aromatic rings. The van der Waals surface area contributed by atoms with Crippen molar-refractivity contribution in [3.8, 4) is 0 Å². The SMILES string of the molecule is O=C(O)[C@@H]1C[C@H](N(Cc2ccccc2)Cc2ccccc2)C(=O)N1. The van der Waals surface area contributed by atoms with Gasteiger partial charge in [-0.25, -0.2) is 4.79 Å². The maximum atomic E-state index is 12.3. The molecule has 0 radical (unpaired) electrons. The van der Waals surface area contributed by atoms with Crippen molar-refractivity contribution in [1.82, 2.24) is 10.2 Å². The van der Waals surface area contributed by atoms with Gasteiger partial charge in [0, 0.05) is 19.5 Å². The summed E-state index contributed by atoms with van der Waals surface area (Å²) in [6, 6.07) is 18.6. The highest BCUT2D eigenvalue weighted by molar-refractivity contribution is 5.91. The highest BCUT2D eigenvalue weighted by Crippen LogP contribution is 2.21. The molecule has 2 aromatic carbocycles. The minimum atomic E-state index is -0.981. The molecule has 1 heterocycles. The standard InChI is InChI=1S/C19H20N2O3/c22-18-17(11-16(20-18)19(23)24)21(12-14-7-3-1-4-8-14)13-15-9-5-2-6-10-15/h1-10,16-17H,11-13H2,(H,20,22)(H,23,24)/t16-,17-/m0/s1. The Morgan fingerprint density at radius 3 is 1.92 bits per heavy atom. The van der Waals surface area contributed by atoms with E-state index in [0.29, 0.717) is 13.1 Å². The van der Waals surface area contributed by atoms with Gasteiger partial charge in [-0.15, -0.1) is 0 Å². The van der Waals surface area contributed by atoms with Crippen molar-refractivity contribution in [3.63, 3.8) is 0 Å². The molecule has 0 aromatic heterocycles. The monoisotopic (exact) mass is 324 g/mol. The Morgan fingerprint density at radius 1 is 1.00 bits per heavy atom. The van der Waals surface area contributed by atoms with Gasteiger partial charge in [0.2, 0.25) is 5.91 Å². The van der Waals surface area contributed by atoms with Gasteiger partial charge in [0.25, 0.3) is 0 Å². The first-order valence-electron chi connectivity index (χ1n) is 7.98. The lowest BCUT2D eigenvalue weighted by Crippen LogP contribution is -2.40. The first-order chi connectivity index (χ1) is 11.6. The number of nitrogens with one attached hydrogen (secondary N) is 1. The van der Waals surface area contributed by atoms with Crippen LogP contribution in [0.2, 0.25) is 0 Å². The van der Waals surface area contributed by atoms with Crippen LogP contribution in [0.15, 0.2) is 60.7 Å². The van der Waals surface area contributed by atoms with Crippen molar-refractivity contribution >= 4 is 11.9 Å². The van der Waals surface area contributed by atoms with Gasteiger partial charge in [-0.2, -0.15) is 0 Å². The molecule has 24 heavy (non-hydrogen) atoms. The third-order valence-corrected chi connectivity index (χ3v) is 4.27. The van der Waals surface area contributed by atoms with Crippen LogP contribution in [0.25, 0.3) is 0 Å². The summed E-state index contributed by atoms with van der Waals surface area (Å²) in [6.45, 7) is 1.19. The van der Waals surface area contributed by atoms with E-state index in [1.54, 1.807) is 0 Å². The molecule has 1 fully saturated rings. The number of carbonyl (C=O) groups excluding carboxylic acids is 1. The van der Waals surface area contributed by atoms with Crippen LogP contribution in [0.3, 0.4) is 0 Å². The van der Waals surface area contributed by atoms with Crippen LogP contribution in [-0.2, 0) is 22.7 Å². The van der Waals surface area contributed by atoms with Crippen molar-refractivity contribution < 1.29 is 14.7 Å². The Kier molecular flexibility index (Phi) is 4.91. The van der Waals surface area contributed by atoms with Crippen molar-refractivity contribution in [2.45, 2.75) is 31.6 Å². The van der Waals surface area contributed by atoms with Gasteiger partial charge < -0.3 is 10.4 Å². The number of hydrogen-bond donors (Lipinski definition) is 2. The van der Waals surface area contributed by atoms with Crippen LogP contribution < -0.4 is 5.32 Å². The summed E-state index contributed by atoms with van der Waals surface area (Å²) >= 11 is 0. The molecule has 124 valence electrons. The molecular weight excluding hydrogens is 304 g/mol. The van der Waals surface area contributed by atoms with Gasteiger partial charge in [-0.1, -0.05) is 60.7 Å². The quantitative estimate of drug-likeness (QED) is 0.853. The van der Waals surface area contributed by atoms with E-state index in [1.807, 2.05) is 65.6 Å². The normalized spacial score (nSPS) is 20.1. The summed E-state index contributed by atoms with van der Waals surface area (Å²) in [5.41, 5.74) is 2.19. The van der Waals surface area contributed by atoms with Crippen molar-refractivity contribution in [3.05, 3.63) is 71.8 Å². The largest absolute Gasteiger partial charge is 0.480 e. The van der Waals surface area contributed by atoms with Gasteiger partial charge >= 0.3 is 5.97 Å². The number of carboxylic acid groups (broad SMARTS) is 1. The molecule has 0 unspecified atom stereocenters. The van der Waals surface area contributed by atoms with Crippen LogP contribution in [0.1, 0.15) is 17.5 Å². The van der Waals surface area contributed by atoms with E-state index >= 15 is 0 Å². The van der Waals surface area contributed by atoms with Gasteiger partial charge in [0.15, 0.2) is 0 Å². The van der Waals surface area contributed by atoms with Crippen molar-refractivity contribution in [2.24, 2.45) is 0 Å². The Labute approximate surface area is 140 Å². The third kappa shape index (κ3) is 3.81. The number of amides is 1. The Morgan fingerprint density at radius 2 is 1.50 bits per heavy atom. The molecule has 1 amide bonds. The molecule has 1 aliphatic heterocycles. The fourth-order valence-electron chi connectivity index (χ4n) is 3.05. The lowest BCUT2D eigenvalue weighted by molar-refractivity contribution is -0.140. The molecule has 1 aliphatic rings. The molecule has 2 N–H and O–H groups in total. The second kappa shape index (κ2) is 7.27. The molecule has 5 nitrogen and oxygen atoms in total. The third-order valence-electron chi connectivity index (χ3n) is 4.27. The fourth-order valence-corrected chi connectivity index (χ4v) is 3.05. The van der Waals surface area contributed by atoms with E-state index in [2.05, 4.69) is 5.32 Å². The molecular formula is C19H20N2O3. The first-order valence-corrected chi connectivity index (χ1v) is 7.98. The maximum absolute atomic E-state index is 12.3. The van der Waals surface area contributed by atoms with Crippen LogP contribution in [-0.4, -0.2) is 34.0 Å². The Bertz CT molecular complexity index is 662. The van der Waals surface area contributed by atoms with Crippen LogP contribution in [0.4, 0.5) is 0 Å². The summed E-state index contributed by atoms with van der Waals surface area (Å²) in [5, 5.41) is 11.8. The molecule has 0 spiro atoms. The smallest absolute Gasteiger partial charge is 0.326 e. The topological polar surface area (TPSA) is 69.6 Å². The number of rotatable bonds is 6. The Hall–Kier alpha value is -2.66. The second-order valence-electron chi connectivity index (χ2n) is 6.03. The summed E-state index contributed by atoms with van der Waals surface area (Å²) in [5.74, 6) is -1.19. The van der Waals surface area contributed by atoms with Gasteiger partial charge in [0.05, 0.1) is 6.04 Å². The number of carbonyl (C=O) groups is 2. The average molecular weight is 324 g/mol. The van der Waals surface area contributed by atoms with Gasteiger partial charge in [-0.3, -0.25) is 9.69 Å². The first kappa shape index (κ1) is 16.2. The van der Waals surface area contributed by atoms with E-state index in [9.17, 15) is 14.7 Å². The van der Waals surface area contributed by atoms with Crippen LogP contribution in [0, 0.1) is 0 Å². The zero-order valence-corrected chi connectivity index (χ0v) is 13.3. The second-order valence-corrected chi connectivity index (χ2v) is 6.03. The van der Waals surface area contributed by atoms with E-state index in [4.69, 9.17) is 0 Å². The van der Waals surface area contributed by atoms with Crippen LogP contribution in [0.5, 0.6) is 0 Å². The van der Waals surface area contributed by atoms with E-state index < -0.39 is 18.1 Å². The molecule has 0 bridgehead atoms. The van der Waals surface area contributed by atoms with E-state index in [1.165, 1.54) is 0 Å². The number of benzene rings is 2. The van der Waals surface area contributed by atoms with Gasteiger partial charge in [0.1, 0.15) is 6.04 Å². The lowest BCUT2D eigenvalue weighted by atomic mass is 10.1. The highest BCUT2D eigenvalue weighted by Gasteiger charge is 2.39. The number of aliphatic carboxylic acids is 1. The van der Waals surface area contributed by atoms with Gasteiger partial charge in [-0.05, 0) is 11.1 Å². The number of nitrogens with zero attached hydrogens (tertiary/aromatic N) is 1. The average Bonchev–Trinajstić information content (AvgIpc) is 2.98. The predicted molar refractivity (Wildman–Crippen MR) is 90.1 cm³/mol. The van der Waals surface area contributed by atoms with E-state index in [-0.39, 0.29) is 12.3 Å². The predicted octanol–water partition coefficient (Wildman–Crippen LogP) is 2.03. The molecule has 2 atom stereocenters. The fraction of sp³-hybridized carbons (Fsp3) is 0.263. The summed E-state index contributed by atoms with van der Waals surface area (Å²) in [7, 11) is 0. The van der Waals surface area contributed by atoms with Crippen LogP contribution >= 0.6 is 0 Å². The number of hydrogen-bond acceptors (Lipinski definition) is 3. The lowest BCUT2D eigenvalue weighted by Gasteiger charge is -2.27. The summed E-state index contributed by atoms with van der Waals surface area (Å²) < 4.78 is 0. The molecule has 5 heteroatoms. The summed E-state index contributed by atoms with van der Waals surface area (Å²) in [4.78, 5) is 25.5. The summed E-state index contributed by atoms with van der Waals surface area (Å²) in [6.07, 6.45) is 0.286. The van der Waals surface area contributed by atoms with Crippen molar-refractivity contribution in [1.29, 1.82) is 0 Å². The molecule has 0 saturated carbocycles. The zero-order valence-electron chi connectivity index (χ0n) is 13.3. The zero-order chi connectivity index (χ0) is 16.9. The molecule has 3 rings (SSSR count). The minimum Gasteiger partial charge on any atom is -0.480 e. The maximum Gasteiger partial charge on any atom is 0.326 e. The van der Waals surface area contributed by atoms with E-state index in [0.717, 1.165) is 11.1 Å². The van der Waals surface area contributed by atoms with Crippen molar-refractivity contribution in [2.75, 3.05) is 0 Å². The Balaban J connectivity index is 1.81. The minimum absolute atomic E-state index is 0.214. The molecule has 0 aliphatic carbocycles. The highest BCUT2D eigenvalue weighted by atomic mass is 16.4.